The van der Waals surface area contributed by atoms with Crippen LogP contribution >= 0.6 is 0 Å². The Kier molecular flexibility index (Phi) is 9.50. The Balaban J connectivity index is 0.924. The number of hydrogen-bond donors (Lipinski definition) is 0. The largest absolute Gasteiger partial charge is 0.311 e. The van der Waals surface area contributed by atoms with Gasteiger partial charge in [0.25, 0.3) is 0 Å². The highest BCUT2D eigenvalue weighted by Crippen LogP contribution is 2.46. The molecule has 0 spiro atoms. The topological polar surface area (TPSA) is 11.4 Å². The van der Waals surface area contributed by atoms with E-state index in [1.54, 1.807) is 0 Å². The molecule has 0 saturated carbocycles. The van der Waals surface area contributed by atoms with E-state index in [0.29, 0.717) is 0 Å². The fraction of sp³-hybridized carbons (Fsp3) is 0. The van der Waals surface area contributed by atoms with Crippen molar-refractivity contribution in [3.8, 4) is 39.1 Å². The van der Waals surface area contributed by atoms with Gasteiger partial charge >= 0.3 is 0 Å². The van der Waals surface area contributed by atoms with Crippen molar-refractivity contribution in [3.05, 3.63) is 261 Å². The maximum absolute atomic E-state index is 2.43. The fourth-order valence-electron chi connectivity index (χ4n) is 9.75. The van der Waals surface area contributed by atoms with Gasteiger partial charge in [-0.2, -0.15) is 0 Å². The van der Waals surface area contributed by atoms with Crippen molar-refractivity contribution in [1.82, 2.24) is 4.57 Å². The van der Waals surface area contributed by atoms with Crippen molar-refractivity contribution in [2.45, 2.75) is 0 Å². The number of benzene rings is 11. The Morgan fingerprint density at radius 1 is 0.231 bits per heavy atom. The molecule has 0 fully saturated rings. The molecule has 3 nitrogen and oxygen atoms in total. The van der Waals surface area contributed by atoms with Gasteiger partial charge in [-0.1, -0.05) is 164 Å². The molecule has 3 heteroatoms. The normalized spacial score (nSPS) is 11.4. The van der Waals surface area contributed by atoms with E-state index in [9.17, 15) is 0 Å². The summed E-state index contributed by atoms with van der Waals surface area (Å²) in [5.41, 5.74) is 17.5. The van der Waals surface area contributed by atoms with Gasteiger partial charge in [0.1, 0.15) is 0 Å². The summed E-state index contributed by atoms with van der Waals surface area (Å²) >= 11 is 0. The van der Waals surface area contributed by atoms with Gasteiger partial charge in [0.15, 0.2) is 0 Å². The van der Waals surface area contributed by atoms with E-state index in [-0.39, 0.29) is 0 Å². The van der Waals surface area contributed by atoms with Gasteiger partial charge in [0.05, 0.1) is 11.0 Å². The summed E-state index contributed by atoms with van der Waals surface area (Å²) in [6.07, 6.45) is 0. The average molecular weight is 830 g/mol. The molecule has 0 amide bonds. The number of aromatic nitrogens is 1. The quantitative estimate of drug-likeness (QED) is 0.127. The van der Waals surface area contributed by atoms with Crippen molar-refractivity contribution in [2.75, 3.05) is 9.80 Å². The highest BCUT2D eigenvalue weighted by atomic mass is 15.1. The van der Waals surface area contributed by atoms with E-state index in [1.165, 1.54) is 66.0 Å². The molecule has 12 aromatic rings. The summed E-state index contributed by atoms with van der Waals surface area (Å²) in [7, 11) is 0. The van der Waals surface area contributed by atoms with Gasteiger partial charge in [-0.25, -0.2) is 0 Å². The van der Waals surface area contributed by atoms with Crippen LogP contribution in [0.5, 0.6) is 0 Å². The highest BCUT2D eigenvalue weighted by molar-refractivity contribution is 6.28. The summed E-state index contributed by atoms with van der Waals surface area (Å²) in [5.74, 6) is 0. The van der Waals surface area contributed by atoms with Crippen LogP contribution in [0.15, 0.2) is 261 Å². The summed E-state index contributed by atoms with van der Waals surface area (Å²) < 4.78 is 2.43. The summed E-state index contributed by atoms with van der Waals surface area (Å²) in [5, 5.41) is 5.08. The van der Waals surface area contributed by atoms with Crippen LogP contribution in [-0.2, 0) is 0 Å². The van der Waals surface area contributed by atoms with Crippen molar-refractivity contribution in [3.63, 3.8) is 0 Å². The van der Waals surface area contributed by atoms with Crippen LogP contribution in [0.2, 0.25) is 0 Å². The van der Waals surface area contributed by atoms with Gasteiger partial charge in [-0.3, -0.25) is 0 Å². The second-order valence-electron chi connectivity index (χ2n) is 16.5. The second kappa shape index (κ2) is 16.2. The van der Waals surface area contributed by atoms with Crippen LogP contribution in [0.3, 0.4) is 0 Å². The van der Waals surface area contributed by atoms with E-state index in [0.717, 1.165) is 39.8 Å². The third kappa shape index (κ3) is 6.78. The lowest BCUT2D eigenvalue weighted by Gasteiger charge is -2.25. The summed E-state index contributed by atoms with van der Waals surface area (Å²) in [6, 6.07) is 94.0. The van der Waals surface area contributed by atoms with Crippen molar-refractivity contribution in [2.24, 2.45) is 0 Å². The Morgan fingerprint density at radius 3 is 0.892 bits per heavy atom. The van der Waals surface area contributed by atoms with Crippen molar-refractivity contribution in [1.29, 1.82) is 0 Å². The summed E-state index contributed by atoms with van der Waals surface area (Å²) in [4.78, 5) is 4.61. The fourth-order valence-corrected chi connectivity index (χ4v) is 9.75. The molecule has 0 aliphatic heterocycles. The molecular weight excluding hydrogens is 787 g/mol. The molecule has 0 radical (unpaired) electrons. The molecule has 0 N–H and O–H groups in total. The molecule has 0 aliphatic rings. The van der Waals surface area contributed by atoms with Crippen LogP contribution in [0.25, 0.3) is 71.6 Å². The first-order valence-corrected chi connectivity index (χ1v) is 22.3. The third-order valence-corrected chi connectivity index (χ3v) is 12.8. The van der Waals surface area contributed by atoms with Gasteiger partial charge in [-0.05, 0) is 141 Å². The lowest BCUT2D eigenvalue weighted by atomic mass is 9.91. The number of rotatable bonds is 10. The molecule has 0 aliphatic carbocycles. The monoisotopic (exact) mass is 829 g/mol. The number of nitrogens with zero attached hydrogens (tertiary/aromatic N) is 3. The molecule has 306 valence electrons. The van der Waals surface area contributed by atoms with Crippen molar-refractivity contribution < 1.29 is 0 Å². The molecule has 0 bridgehead atoms. The van der Waals surface area contributed by atoms with Gasteiger partial charge < -0.3 is 14.4 Å². The molecule has 0 unspecified atom stereocenters. The van der Waals surface area contributed by atoms with E-state index in [1.807, 2.05) is 0 Å². The van der Waals surface area contributed by atoms with Gasteiger partial charge in [-0.15, -0.1) is 0 Å². The van der Waals surface area contributed by atoms with Crippen LogP contribution in [0.4, 0.5) is 34.1 Å². The molecule has 1 aromatic heterocycles. The predicted molar refractivity (Wildman–Crippen MR) is 275 cm³/mol. The van der Waals surface area contributed by atoms with Crippen LogP contribution in [0, 0.1) is 0 Å². The molecule has 12 rings (SSSR count). The first kappa shape index (κ1) is 38.0. The summed E-state index contributed by atoms with van der Waals surface area (Å²) in [6.45, 7) is 0. The first-order valence-electron chi connectivity index (χ1n) is 22.3. The van der Waals surface area contributed by atoms with Crippen molar-refractivity contribution >= 4 is 66.7 Å². The van der Waals surface area contributed by atoms with E-state index in [2.05, 4.69) is 275 Å². The maximum Gasteiger partial charge on any atom is 0.0547 e. The number of hydrogen-bond acceptors (Lipinski definition) is 2. The minimum absolute atomic E-state index is 1.12. The van der Waals surface area contributed by atoms with E-state index in [4.69, 9.17) is 0 Å². The highest BCUT2D eigenvalue weighted by Gasteiger charge is 2.22. The number of anilines is 6. The van der Waals surface area contributed by atoms with Crippen LogP contribution in [0.1, 0.15) is 0 Å². The smallest absolute Gasteiger partial charge is 0.0547 e. The first-order chi connectivity index (χ1) is 32.3. The molecule has 65 heavy (non-hydrogen) atoms. The second-order valence-corrected chi connectivity index (χ2v) is 16.5. The molecule has 0 saturated heterocycles. The minimum Gasteiger partial charge on any atom is -0.311 e. The molecule has 1 heterocycles. The lowest BCUT2D eigenvalue weighted by molar-refractivity contribution is 1.18. The Labute approximate surface area is 379 Å². The minimum atomic E-state index is 1.12. The Hall–Kier alpha value is -8.66. The van der Waals surface area contributed by atoms with E-state index < -0.39 is 0 Å². The zero-order chi connectivity index (χ0) is 43.1. The molecule has 11 aromatic carbocycles. The van der Waals surface area contributed by atoms with Gasteiger partial charge in [0.2, 0.25) is 0 Å². The van der Waals surface area contributed by atoms with E-state index >= 15 is 0 Å². The number of para-hydroxylation sites is 5. The molecule has 0 atom stereocenters. The maximum atomic E-state index is 2.43. The van der Waals surface area contributed by atoms with Crippen LogP contribution < -0.4 is 9.80 Å². The Morgan fingerprint density at radius 2 is 0.523 bits per heavy atom. The Bertz CT molecular complexity index is 3450. The van der Waals surface area contributed by atoms with Gasteiger partial charge in [0, 0.05) is 50.6 Å². The zero-order valence-corrected chi connectivity index (χ0v) is 35.7. The zero-order valence-electron chi connectivity index (χ0n) is 35.7. The third-order valence-electron chi connectivity index (χ3n) is 12.8. The standard InChI is InChI=1S/C62H43N3/c1-6-16-48(17-7-1)63(49-18-8-2-9-19-49)53-34-30-45(31-35-53)44-26-28-46(29-27-44)55-40-42-59-61-57(55)38-39-58-56(41-43-60(62(58)61)65(59)52-24-14-5-15-25-52)47-32-36-54(37-33-47)64(50-20-10-3-11-21-50)51-22-12-4-13-23-51/h1-43H. The SMILES string of the molecule is c1ccc(N(c2ccccc2)c2ccc(-c3ccc(-c4ccc5c6c4ccc4c(-c7ccc(N(c8ccccc8)c8ccccc8)cc7)ccc(c46)n5-c4ccccc4)cc3)cc2)cc1. The lowest BCUT2D eigenvalue weighted by Crippen LogP contribution is -2.09. The van der Waals surface area contributed by atoms with Crippen LogP contribution in [-0.4, -0.2) is 4.57 Å². The molecular formula is C62H43N3. The predicted octanol–water partition coefficient (Wildman–Crippen LogP) is 17.3. The average Bonchev–Trinajstić information content (AvgIpc) is 3.73.